The SMILES string of the molecule is O=C(OCCN1CCOCC1)OCCN1CCOCC1. The minimum atomic E-state index is -0.577. The Morgan fingerprint density at radius 3 is 1.60 bits per heavy atom. The molecule has 0 N–H and O–H groups in total. The second-order valence-electron chi connectivity index (χ2n) is 4.85. The van der Waals surface area contributed by atoms with E-state index in [0.29, 0.717) is 13.2 Å². The highest BCUT2D eigenvalue weighted by Gasteiger charge is 2.13. The number of nitrogens with zero attached hydrogens (tertiary/aromatic N) is 2. The van der Waals surface area contributed by atoms with Gasteiger partial charge in [-0.3, -0.25) is 9.80 Å². The maximum atomic E-state index is 11.4. The van der Waals surface area contributed by atoms with Gasteiger partial charge in [0.2, 0.25) is 0 Å². The summed E-state index contributed by atoms with van der Waals surface area (Å²) in [6.45, 7) is 8.83. The molecule has 7 heteroatoms. The van der Waals surface area contributed by atoms with E-state index in [1.54, 1.807) is 0 Å². The first-order valence-electron chi connectivity index (χ1n) is 7.24. The zero-order valence-electron chi connectivity index (χ0n) is 11.9. The predicted octanol–water partition coefficient (Wildman–Crippen LogP) is -0.196. The third-order valence-electron chi connectivity index (χ3n) is 3.46. The van der Waals surface area contributed by atoms with Gasteiger partial charge in [-0.2, -0.15) is 0 Å². The Morgan fingerprint density at radius 1 is 0.800 bits per heavy atom. The Kier molecular flexibility index (Phi) is 7.07. The Hall–Kier alpha value is -0.890. The summed E-state index contributed by atoms with van der Waals surface area (Å²) in [5.41, 5.74) is 0. The molecule has 2 rings (SSSR count). The standard InChI is InChI=1S/C13H24N2O5/c16-13(19-11-5-14-1-7-17-8-2-14)20-12-6-15-3-9-18-10-4-15/h1-12H2. The third kappa shape index (κ3) is 6.04. The van der Waals surface area contributed by atoms with Crippen molar-refractivity contribution in [2.75, 3.05) is 78.9 Å². The molecule has 0 saturated carbocycles. The van der Waals surface area contributed by atoms with Crippen LogP contribution in [-0.2, 0) is 18.9 Å². The van der Waals surface area contributed by atoms with Crippen molar-refractivity contribution in [3.63, 3.8) is 0 Å². The van der Waals surface area contributed by atoms with Crippen LogP contribution in [0.4, 0.5) is 4.79 Å². The van der Waals surface area contributed by atoms with Gasteiger partial charge in [0.05, 0.1) is 26.4 Å². The van der Waals surface area contributed by atoms with E-state index in [1.165, 1.54) is 0 Å². The highest BCUT2D eigenvalue weighted by molar-refractivity contribution is 5.59. The number of carbonyl (C=O) groups excluding carboxylic acids is 1. The molecule has 0 aliphatic carbocycles. The Labute approximate surface area is 119 Å². The van der Waals surface area contributed by atoms with E-state index < -0.39 is 6.16 Å². The molecule has 2 fully saturated rings. The number of rotatable bonds is 6. The Morgan fingerprint density at radius 2 is 1.20 bits per heavy atom. The van der Waals surface area contributed by atoms with Crippen LogP contribution < -0.4 is 0 Å². The van der Waals surface area contributed by atoms with Gasteiger partial charge in [-0.15, -0.1) is 0 Å². The van der Waals surface area contributed by atoms with E-state index in [1.807, 2.05) is 0 Å². The molecule has 20 heavy (non-hydrogen) atoms. The summed E-state index contributed by atoms with van der Waals surface area (Å²) in [5, 5.41) is 0. The molecule has 0 bridgehead atoms. The van der Waals surface area contributed by atoms with Crippen molar-refractivity contribution in [3.05, 3.63) is 0 Å². The van der Waals surface area contributed by atoms with Gasteiger partial charge < -0.3 is 18.9 Å². The van der Waals surface area contributed by atoms with E-state index in [4.69, 9.17) is 18.9 Å². The summed E-state index contributed by atoms with van der Waals surface area (Å²) in [6, 6.07) is 0. The fraction of sp³-hybridized carbons (Fsp3) is 0.923. The summed E-state index contributed by atoms with van der Waals surface area (Å²) < 4.78 is 20.6. The van der Waals surface area contributed by atoms with Crippen LogP contribution >= 0.6 is 0 Å². The largest absolute Gasteiger partial charge is 0.508 e. The lowest BCUT2D eigenvalue weighted by molar-refractivity contribution is 0.00582. The topological polar surface area (TPSA) is 60.5 Å². The van der Waals surface area contributed by atoms with Crippen molar-refractivity contribution >= 4 is 6.16 Å². The molecule has 0 aromatic carbocycles. The van der Waals surface area contributed by atoms with Gasteiger partial charge in [-0.05, 0) is 0 Å². The fourth-order valence-electron chi connectivity index (χ4n) is 2.21. The first-order valence-corrected chi connectivity index (χ1v) is 7.24. The maximum absolute atomic E-state index is 11.4. The molecular weight excluding hydrogens is 264 g/mol. The van der Waals surface area contributed by atoms with Crippen LogP contribution in [0.5, 0.6) is 0 Å². The van der Waals surface area contributed by atoms with Crippen LogP contribution in [0.25, 0.3) is 0 Å². The summed E-state index contributed by atoms with van der Waals surface area (Å²) in [7, 11) is 0. The smallest absolute Gasteiger partial charge is 0.433 e. The van der Waals surface area contributed by atoms with Gasteiger partial charge >= 0.3 is 6.16 Å². The Bertz CT molecular complexity index is 252. The normalized spacial score (nSPS) is 21.6. The molecule has 2 heterocycles. The number of ether oxygens (including phenoxy) is 4. The molecular formula is C13H24N2O5. The van der Waals surface area contributed by atoms with Gasteiger partial charge in [-0.25, -0.2) is 4.79 Å². The van der Waals surface area contributed by atoms with Crippen molar-refractivity contribution in [2.45, 2.75) is 0 Å². The van der Waals surface area contributed by atoms with Crippen LogP contribution in [-0.4, -0.2) is 94.9 Å². The van der Waals surface area contributed by atoms with E-state index in [-0.39, 0.29) is 0 Å². The highest BCUT2D eigenvalue weighted by atomic mass is 16.7. The van der Waals surface area contributed by atoms with Gasteiger partial charge in [0, 0.05) is 39.3 Å². The molecule has 7 nitrogen and oxygen atoms in total. The molecule has 2 saturated heterocycles. The first kappa shape index (κ1) is 15.5. The number of morpholine rings is 2. The molecule has 0 aromatic rings. The molecule has 0 spiro atoms. The third-order valence-corrected chi connectivity index (χ3v) is 3.46. The zero-order chi connectivity index (χ0) is 14.0. The monoisotopic (exact) mass is 288 g/mol. The van der Waals surface area contributed by atoms with Gasteiger partial charge in [0.25, 0.3) is 0 Å². The number of carbonyl (C=O) groups is 1. The highest BCUT2D eigenvalue weighted by Crippen LogP contribution is 1.98. The molecule has 0 unspecified atom stereocenters. The van der Waals surface area contributed by atoms with Crippen LogP contribution in [0.3, 0.4) is 0 Å². The molecule has 0 atom stereocenters. The van der Waals surface area contributed by atoms with Crippen LogP contribution in [0.15, 0.2) is 0 Å². The van der Waals surface area contributed by atoms with Crippen LogP contribution in [0.2, 0.25) is 0 Å². The Balaban J connectivity index is 1.45. The van der Waals surface area contributed by atoms with E-state index >= 15 is 0 Å². The quantitative estimate of drug-likeness (QED) is 0.627. The summed E-state index contributed by atoms with van der Waals surface area (Å²) >= 11 is 0. The molecule has 2 aliphatic rings. The summed E-state index contributed by atoms with van der Waals surface area (Å²) in [5.74, 6) is 0. The first-order chi connectivity index (χ1) is 9.84. The van der Waals surface area contributed by atoms with E-state index in [0.717, 1.165) is 65.7 Å². The van der Waals surface area contributed by atoms with Crippen molar-refractivity contribution in [1.82, 2.24) is 9.80 Å². The molecule has 2 aliphatic heterocycles. The molecule has 0 aromatic heterocycles. The van der Waals surface area contributed by atoms with E-state index in [9.17, 15) is 4.79 Å². The maximum Gasteiger partial charge on any atom is 0.508 e. The van der Waals surface area contributed by atoms with Crippen molar-refractivity contribution < 1.29 is 23.7 Å². The summed E-state index contributed by atoms with van der Waals surface area (Å²) in [4.78, 5) is 15.8. The minimum Gasteiger partial charge on any atom is -0.433 e. The van der Waals surface area contributed by atoms with Crippen molar-refractivity contribution in [2.24, 2.45) is 0 Å². The molecule has 116 valence electrons. The van der Waals surface area contributed by atoms with Gasteiger partial charge in [-0.1, -0.05) is 0 Å². The number of hydrogen-bond acceptors (Lipinski definition) is 7. The average molecular weight is 288 g/mol. The fourth-order valence-corrected chi connectivity index (χ4v) is 2.21. The molecule has 0 radical (unpaired) electrons. The zero-order valence-corrected chi connectivity index (χ0v) is 11.9. The van der Waals surface area contributed by atoms with Crippen LogP contribution in [0, 0.1) is 0 Å². The lowest BCUT2D eigenvalue weighted by Crippen LogP contribution is -2.39. The summed E-state index contributed by atoms with van der Waals surface area (Å²) in [6.07, 6.45) is -0.577. The number of hydrogen-bond donors (Lipinski definition) is 0. The van der Waals surface area contributed by atoms with E-state index in [2.05, 4.69) is 9.80 Å². The average Bonchev–Trinajstić information content (AvgIpc) is 2.49. The second-order valence-corrected chi connectivity index (χ2v) is 4.85. The predicted molar refractivity (Wildman–Crippen MR) is 71.8 cm³/mol. The van der Waals surface area contributed by atoms with Crippen LogP contribution in [0.1, 0.15) is 0 Å². The van der Waals surface area contributed by atoms with Crippen molar-refractivity contribution in [1.29, 1.82) is 0 Å². The van der Waals surface area contributed by atoms with Gasteiger partial charge in [0.15, 0.2) is 0 Å². The minimum absolute atomic E-state index is 0.371. The lowest BCUT2D eigenvalue weighted by Gasteiger charge is -2.26. The lowest BCUT2D eigenvalue weighted by atomic mass is 10.4. The second kappa shape index (κ2) is 9.12. The van der Waals surface area contributed by atoms with Gasteiger partial charge in [0.1, 0.15) is 13.2 Å². The molecule has 0 amide bonds. The van der Waals surface area contributed by atoms with Crippen molar-refractivity contribution in [3.8, 4) is 0 Å².